The number of hydrogen-bond donors (Lipinski definition) is 2. The first kappa shape index (κ1) is 14.5. The Morgan fingerprint density at radius 2 is 1.85 bits per heavy atom. The Bertz CT molecular complexity index is 498. The quantitative estimate of drug-likeness (QED) is 0.836. The van der Waals surface area contributed by atoms with Crippen LogP contribution in [-0.4, -0.2) is 32.2 Å². The van der Waals surface area contributed by atoms with Crippen LogP contribution in [0.15, 0.2) is 12.1 Å². The number of rotatable bonds is 6. The zero-order valence-corrected chi connectivity index (χ0v) is 12.4. The van der Waals surface area contributed by atoms with Crippen LogP contribution in [0, 0.1) is 6.92 Å². The summed E-state index contributed by atoms with van der Waals surface area (Å²) >= 11 is 0. The number of benzene rings is 1. The number of carbonyl (C=O) groups is 1. The van der Waals surface area contributed by atoms with Crippen LogP contribution in [0.4, 0.5) is 5.69 Å². The van der Waals surface area contributed by atoms with Crippen LogP contribution in [0.5, 0.6) is 11.5 Å². The number of hydrogen-bond acceptors (Lipinski definition) is 4. The Kier molecular flexibility index (Phi) is 4.37. The van der Waals surface area contributed by atoms with Gasteiger partial charge in [0.15, 0.2) is 11.5 Å². The van der Waals surface area contributed by atoms with Gasteiger partial charge in [0.2, 0.25) is 5.91 Å². The van der Waals surface area contributed by atoms with Gasteiger partial charge in [0.05, 0.1) is 14.2 Å². The van der Waals surface area contributed by atoms with Gasteiger partial charge in [-0.1, -0.05) is 0 Å². The molecule has 0 aliphatic heterocycles. The van der Waals surface area contributed by atoms with Crippen LogP contribution in [0.3, 0.4) is 0 Å². The second-order valence-corrected chi connectivity index (χ2v) is 5.17. The lowest BCUT2D eigenvalue weighted by molar-refractivity contribution is -0.121. The standard InChI is InChI=1S/C15H22N2O3/c1-9-7-13(19-3)14(20-4)8-12(9)16-10(2)15(18)17-11-5-6-11/h7-8,10-11,16H,5-6H2,1-4H3,(H,17,18)/t10-/m1/s1. The van der Waals surface area contributed by atoms with Gasteiger partial charge in [-0.3, -0.25) is 4.79 Å². The summed E-state index contributed by atoms with van der Waals surface area (Å²) in [6.07, 6.45) is 2.18. The first-order chi connectivity index (χ1) is 9.55. The maximum Gasteiger partial charge on any atom is 0.242 e. The van der Waals surface area contributed by atoms with Crippen LogP contribution >= 0.6 is 0 Å². The topological polar surface area (TPSA) is 59.6 Å². The van der Waals surface area contributed by atoms with Gasteiger partial charge in [-0.05, 0) is 38.3 Å². The second-order valence-electron chi connectivity index (χ2n) is 5.17. The average molecular weight is 278 g/mol. The Labute approximate surface area is 119 Å². The van der Waals surface area contributed by atoms with Gasteiger partial charge < -0.3 is 20.1 Å². The van der Waals surface area contributed by atoms with Crippen LogP contribution in [-0.2, 0) is 4.79 Å². The SMILES string of the molecule is COc1cc(C)c(N[C@H](C)C(=O)NC2CC2)cc1OC. The van der Waals surface area contributed by atoms with Gasteiger partial charge in [0.1, 0.15) is 6.04 Å². The number of carbonyl (C=O) groups excluding carboxylic acids is 1. The monoisotopic (exact) mass is 278 g/mol. The summed E-state index contributed by atoms with van der Waals surface area (Å²) in [6, 6.07) is 3.84. The van der Waals surface area contributed by atoms with E-state index < -0.39 is 0 Å². The fourth-order valence-electron chi connectivity index (χ4n) is 1.99. The third kappa shape index (κ3) is 3.35. The van der Waals surface area contributed by atoms with Crippen molar-refractivity contribution >= 4 is 11.6 Å². The number of nitrogens with one attached hydrogen (secondary N) is 2. The first-order valence-electron chi connectivity index (χ1n) is 6.84. The van der Waals surface area contributed by atoms with Gasteiger partial charge in [0.25, 0.3) is 0 Å². The smallest absolute Gasteiger partial charge is 0.242 e. The molecular formula is C15H22N2O3. The largest absolute Gasteiger partial charge is 0.493 e. The summed E-state index contributed by atoms with van der Waals surface area (Å²) in [5.74, 6) is 1.36. The molecular weight excluding hydrogens is 256 g/mol. The van der Waals surface area contributed by atoms with E-state index >= 15 is 0 Å². The van der Waals surface area contributed by atoms with Gasteiger partial charge in [-0.25, -0.2) is 0 Å². The molecule has 110 valence electrons. The molecule has 1 aliphatic rings. The first-order valence-corrected chi connectivity index (χ1v) is 6.84. The molecule has 1 aromatic rings. The normalized spacial score (nSPS) is 15.4. The third-order valence-corrected chi connectivity index (χ3v) is 3.42. The van der Waals surface area contributed by atoms with Crippen LogP contribution in [0.25, 0.3) is 0 Å². The summed E-state index contributed by atoms with van der Waals surface area (Å²) in [5.41, 5.74) is 1.88. The van der Waals surface area contributed by atoms with E-state index in [1.54, 1.807) is 14.2 Å². The lowest BCUT2D eigenvalue weighted by Gasteiger charge is -2.18. The van der Waals surface area contributed by atoms with E-state index in [0.29, 0.717) is 17.5 Å². The predicted molar refractivity (Wildman–Crippen MR) is 78.5 cm³/mol. The van der Waals surface area contributed by atoms with E-state index in [1.165, 1.54) is 0 Å². The van der Waals surface area contributed by atoms with Crippen molar-refractivity contribution in [3.63, 3.8) is 0 Å². The van der Waals surface area contributed by atoms with E-state index in [4.69, 9.17) is 9.47 Å². The van der Waals surface area contributed by atoms with E-state index in [-0.39, 0.29) is 11.9 Å². The lowest BCUT2D eigenvalue weighted by atomic mass is 10.1. The number of ether oxygens (including phenoxy) is 2. The fraction of sp³-hybridized carbons (Fsp3) is 0.533. The number of methoxy groups -OCH3 is 2. The highest BCUT2D eigenvalue weighted by Crippen LogP contribution is 2.33. The van der Waals surface area contributed by atoms with Crippen molar-refractivity contribution < 1.29 is 14.3 Å². The Morgan fingerprint density at radius 3 is 2.40 bits per heavy atom. The lowest BCUT2D eigenvalue weighted by Crippen LogP contribution is -2.38. The van der Waals surface area contributed by atoms with Crippen LogP contribution in [0.1, 0.15) is 25.3 Å². The summed E-state index contributed by atoms with van der Waals surface area (Å²) in [6.45, 7) is 3.82. The zero-order valence-electron chi connectivity index (χ0n) is 12.4. The van der Waals surface area contributed by atoms with Crippen molar-refractivity contribution in [2.45, 2.75) is 38.8 Å². The number of anilines is 1. The average Bonchev–Trinajstić information content (AvgIpc) is 3.24. The molecule has 5 nitrogen and oxygen atoms in total. The zero-order chi connectivity index (χ0) is 14.7. The molecule has 0 heterocycles. The van der Waals surface area contributed by atoms with E-state index in [0.717, 1.165) is 24.1 Å². The van der Waals surface area contributed by atoms with Crippen molar-refractivity contribution in [2.24, 2.45) is 0 Å². The maximum atomic E-state index is 12.0. The molecule has 0 bridgehead atoms. The maximum absolute atomic E-state index is 12.0. The molecule has 2 rings (SSSR count). The highest BCUT2D eigenvalue weighted by molar-refractivity contribution is 5.85. The van der Waals surface area contributed by atoms with Gasteiger partial charge >= 0.3 is 0 Å². The number of amides is 1. The Hall–Kier alpha value is -1.91. The van der Waals surface area contributed by atoms with E-state index in [1.807, 2.05) is 26.0 Å². The van der Waals surface area contributed by atoms with Gasteiger partial charge in [-0.15, -0.1) is 0 Å². The molecule has 0 radical (unpaired) electrons. The summed E-state index contributed by atoms with van der Waals surface area (Å²) in [4.78, 5) is 12.0. The molecule has 20 heavy (non-hydrogen) atoms. The minimum atomic E-state index is -0.285. The minimum absolute atomic E-state index is 0.0293. The fourth-order valence-corrected chi connectivity index (χ4v) is 1.99. The number of aryl methyl sites for hydroxylation is 1. The van der Waals surface area contributed by atoms with Crippen molar-refractivity contribution in [1.29, 1.82) is 0 Å². The van der Waals surface area contributed by atoms with Gasteiger partial charge in [-0.2, -0.15) is 0 Å². The molecule has 2 N–H and O–H groups in total. The highest BCUT2D eigenvalue weighted by Gasteiger charge is 2.25. The summed E-state index contributed by atoms with van der Waals surface area (Å²) in [7, 11) is 3.20. The van der Waals surface area contributed by atoms with Gasteiger partial charge in [0, 0.05) is 17.8 Å². The molecule has 0 unspecified atom stereocenters. The Morgan fingerprint density at radius 1 is 1.25 bits per heavy atom. The molecule has 5 heteroatoms. The van der Waals surface area contributed by atoms with Crippen molar-refractivity contribution in [1.82, 2.24) is 5.32 Å². The molecule has 0 aromatic heterocycles. The minimum Gasteiger partial charge on any atom is -0.493 e. The van der Waals surface area contributed by atoms with Crippen LogP contribution < -0.4 is 20.1 Å². The molecule has 1 fully saturated rings. The highest BCUT2D eigenvalue weighted by atomic mass is 16.5. The molecule has 0 saturated heterocycles. The second kappa shape index (κ2) is 6.03. The summed E-state index contributed by atoms with van der Waals surface area (Å²) in [5, 5.41) is 6.21. The molecule has 0 spiro atoms. The third-order valence-electron chi connectivity index (χ3n) is 3.42. The molecule has 1 amide bonds. The molecule has 1 saturated carbocycles. The predicted octanol–water partition coefficient (Wildman–Crippen LogP) is 2.09. The molecule has 1 aromatic carbocycles. The van der Waals surface area contributed by atoms with Crippen molar-refractivity contribution in [3.05, 3.63) is 17.7 Å². The Balaban J connectivity index is 2.09. The van der Waals surface area contributed by atoms with Crippen molar-refractivity contribution in [2.75, 3.05) is 19.5 Å². The molecule has 1 aliphatic carbocycles. The molecule has 1 atom stereocenters. The van der Waals surface area contributed by atoms with Crippen LogP contribution in [0.2, 0.25) is 0 Å². The summed E-state index contributed by atoms with van der Waals surface area (Å²) < 4.78 is 10.5. The van der Waals surface area contributed by atoms with Crippen molar-refractivity contribution in [3.8, 4) is 11.5 Å². The van der Waals surface area contributed by atoms with E-state index in [9.17, 15) is 4.79 Å². The van der Waals surface area contributed by atoms with E-state index in [2.05, 4.69) is 10.6 Å².